The summed E-state index contributed by atoms with van der Waals surface area (Å²) in [4.78, 5) is 41.5. The zero-order valence-electron chi connectivity index (χ0n) is 22.3. The summed E-state index contributed by atoms with van der Waals surface area (Å²) in [5.41, 5.74) is 1.88. The summed E-state index contributed by atoms with van der Waals surface area (Å²) in [6.07, 6.45) is 5.41. The summed E-state index contributed by atoms with van der Waals surface area (Å²) in [6, 6.07) is 15.1. The number of aliphatic carboxylic acids is 1. The van der Waals surface area contributed by atoms with Gasteiger partial charge in [-0.05, 0) is 70.4 Å². The fourth-order valence-electron chi connectivity index (χ4n) is 3.72. The minimum atomic E-state index is -1.17. The summed E-state index contributed by atoms with van der Waals surface area (Å²) in [5, 5.41) is 15.2. The lowest BCUT2D eigenvalue weighted by atomic mass is 10.0. The fourth-order valence-corrected chi connectivity index (χ4v) is 3.72. The highest BCUT2D eigenvalue weighted by Gasteiger charge is 2.19. The largest absolute Gasteiger partial charge is 0.480 e. The van der Waals surface area contributed by atoms with Crippen LogP contribution in [0.3, 0.4) is 0 Å². The normalized spacial score (nSPS) is 11.5. The molecule has 1 amide bonds. The zero-order chi connectivity index (χ0) is 27.9. The predicted octanol–water partition coefficient (Wildman–Crippen LogP) is 5.42. The van der Waals surface area contributed by atoms with E-state index in [9.17, 15) is 19.5 Å². The highest BCUT2D eigenvalue weighted by molar-refractivity contribution is 5.87. The van der Waals surface area contributed by atoms with Crippen LogP contribution in [0.1, 0.15) is 45.7 Å². The number of benzene rings is 2. The van der Waals surface area contributed by atoms with Crippen molar-refractivity contribution in [1.82, 2.24) is 9.55 Å². The Balaban J connectivity index is 2.07. The second-order valence-electron chi connectivity index (χ2n) is 10.1. The SMILES string of the molecule is CC(C)Nc1ncc(-c2cc(C=CCc3ccccc3)cc(NC(=O)OC(C)(C)C)c2)n(CC(=O)O)c1=O. The lowest BCUT2D eigenvalue weighted by Crippen LogP contribution is -2.30. The number of amides is 1. The molecule has 9 nitrogen and oxygen atoms in total. The van der Waals surface area contributed by atoms with Crippen LogP contribution in [0.4, 0.5) is 16.3 Å². The van der Waals surface area contributed by atoms with Crippen molar-refractivity contribution in [2.75, 3.05) is 10.6 Å². The van der Waals surface area contributed by atoms with Gasteiger partial charge >= 0.3 is 12.1 Å². The van der Waals surface area contributed by atoms with Gasteiger partial charge in [0.05, 0.1) is 11.9 Å². The van der Waals surface area contributed by atoms with Crippen LogP contribution in [-0.2, 0) is 22.5 Å². The average molecular weight is 519 g/mol. The van der Waals surface area contributed by atoms with Crippen LogP contribution in [0.5, 0.6) is 0 Å². The average Bonchev–Trinajstić information content (AvgIpc) is 2.80. The number of nitrogens with zero attached hydrogens (tertiary/aromatic N) is 2. The maximum Gasteiger partial charge on any atom is 0.412 e. The van der Waals surface area contributed by atoms with Gasteiger partial charge in [-0.1, -0.05) is 42.5 Å². The second-order valence-corrected chi connectivity index (χ2v) is 10.1. The van der Waals surface area contributed by atoms with Crippen molar-refractivity contribution >= 4 is 29.6 Å². The standard InChI is InChI=1S/C29H34N4O5/c1-19(2)31-26-27(36)33(18-25(34)35)24(17-30-26)22-14-21(13-9-12-20-10-7-6-8-11-20)15-23(16-22)32-28(37)38-29(3,4)5/h6-11,13-17,19H,12,18H2,1-5H3,(H,30,31)(H,32,37)(H,34,35). The molecule has 0 aliphatic carbocycles. The van der Waals surface area contributed by atoms with Crippen LogP contribution in [0.15, 0.2) is 65.6 Å². The molecule has 1 aromatic heterocycles. The monoisotopic (exact) mass is 518 g/mol. The molecule has 0 atom stereocenters. The highest BCUT2D eigenvalue weighted by atomic mass is 16.6. The number of carbonyl (C=O) groups is 2. The van der Waals surface area contributed by atoms with Crippen LogP contribution in [0.25, 0.3) is 17.3 Å². The van der Waals surface area contributed by atoms with Crippen LogP contribution < -0.4 is 16.2 Å². The molecule has 0 bridgehead atoms. The molecule has 200 valence electrons. The van der Waals surface area contributed by atoms with E-state index < -0.39 is 29.8 Å². The Morgan fingerprint density at radius 2 is 1.84 bits per heavy atom. The highest BCUT2D eigenvalue weighted by Crippen LogP contribution is 2.26. The van der Waals surface area contributed by atoms with Crippen molar-refractivity contribution in [3.05, 3.63) is 82.3 Å². The summed E-state index contributed by atoms with van der Waals surface area (Å²) >= 11 is 0. The number of nitrogens with one attached hydrogen (secondary N) is 2. The van der Waals surface area contributed by atoms with Crippen LogP contribution in [0.2, 0.25) is 0 Å². The summed E-state index contributed by atoms with van der Waals surface area (Å²) in [5.74, 6) is -1.10. The van der Waals surface area contributed by atoms with E-state index in [1.807, 2.05) is 62.4 Å². The molecule has 0 saturated heterocycles. The molecule has 0 aliphatic heterocycles. The Kier molecular flexibility index (Phi) is 9.07. The van der Waals surface area contributed by atoms with Gasteiger partial charge in [0, 0.05) is 17.3 Å². The van der Waals surface area contributed by atoms with E-state index in [1.54, 1.807) is 32.9 Å². The second kappa shape index (κ2) is 12.2. The fraction of sp³-hybridized carbons (Fsp3) is 0.310. The quantitative estimate of drug-likeness (QED) is 0.346. The Morgan fingerprint density at radius 3 is 2.47 bits per heavy atom. The minimum Gasteiger partial charge on any atom is -0.480 e. The number of carboxylic acids is 1. The van der Waals surface area contributed by atoms with Gasteiger partial charge in [-0.3, -0.25) is 19.5 Å². The van der Waals surface area contributed by atoms with E-state index in [-0.39, 0.29) is 11.9 Å². The van der Waals surface area contributed by atoms with E-state index in [2.05, 4.69) is 15.6 Å². The van der Waals surface area contributed by atoms with E-state index in [1.165, 1.54) is 6.20 Å². The Labute approximate surface area is 222 Å². The van der Waals surface area contributed by atoms with Gasteiger partial charge in [-0.25, -0.2) is 9.78 Å². The Hall–Kier alpha value is -4.40. The first-order valence-electron chi connectivity index (χ1n) is 12.4. The first-order valence-corrected chi connectivity index (χ1v) is 12.4. The molecule has 1 heterocycles. The van der Waals surface area contributed by atoms with E-state index in [4.69, 9.17) is 4.74 Å². The molecule has 9 heteroatoms. The number of rotatable bonds is 9. The van der Waals surface area contributed by atoms with Crippen LogP contribution in [-0.4, -0.2) is 38.4 Å². The molecule has 0 spiro atoms. The third-order valence-corrected chi connectivity index (χ3v) is 5.18. The van der Waals surface area contributed by atoms with Gasteiger partial charge in [0.2, 0.25) is 0 Å². The predicted molar refractivity (Wildman–Crippen MR) is 149 cm³/mol. The van der Waals surface area contributed by atoms with E-state index in [0.717, 1.165) is 15.7 Å². The number of hydrogen-bond donors (Lipinski definition) is 3. The summed E-state index contributed by atoms with van der Waals surface area (Å²) in [7, 11) is 0. The van der Waals surface area contributed by atoms with Gasteiger partial charge in [-0.2, -0.15) is 0 Å². The van der Waals surface area contributed by atoms with Crippen molar-refractivity contribution in [3.63, 3.8) is 0 Å². The number of anilines is 2. The van der Waals surface area contributed by atoms with Gasteiger partial charge in [-0.15, -0.1) is 0 Å². The summed E-state index contributed by atoms with van der Waals surface area (Å²) in [6.45, 7) is 8.47. The number of ether oxygens (including phenoxy) is 1. The molecule has 3 rings (SSSR count). The van der Waals surface area contributed by atoms with Crippen molar-refractivity contribution in [3.8, 4) is 11.3 Å². The minimum absolute atomic E-state index is 0.0658. The van der Waals surface area contributed by atoms with Gasteiger partial charge in [0.1, 0.15) is 12.1 Å². The molecular weight excluding hydrogens is 484 g/mol. The first-order chi connectivity index (χ1) is 17.9. The van der Waals surface area contributed by atoms with E-state index >= 15 is 0 Å². The van der Waals surface area contributed by atoms with Gasteiger partial charge in [0.15, 0.2) is 5.82 Å². The van der Waals surface area contributed by atoms with Crippen molar-refractivity contribution in [2.45, 2.75) is 59.2 Å². The molecule has 2 aromatic carbocycles. The lowest BCUT2D eigenvalue weighted by Gasteiger charge is -2.20. The molecule has 0 aliphatic rings. The Bertz CT molecular complexity index is 1370. The molecule has 3 N–H and O–H groups in total. The maximum absolute atomic E-state index is 13.1. The van der Waals surface area contributed by atoms with Gasteiger partial charge < -0.3 is 15.2 Å². The first kappa shape index (κ1) is 28.2. The molecule has 0 unspecified atom stereocenters. The molecule has 3 aromatic rings. The lowest BCUT2D eigenvalue weighted by molar-refractivity contribution is -0.137. The van der Waals surface area contributed by atoms with Gasteiger partial charge in [0.25, 0.3) is 5.56 Å². The molecule has 38 heavy (non-hydrogen) atoms. The molecular formula is C29H34N4O5. The molecule has 0 radical (unpaired) electrons. The van der Waals surface area contributed by atoms with Crippen molar-refractivity contribution in [2.24, 2.45) is 0 Å². The van der Waals surface area contributed by atoms with Crippen LogP contribution >= 0.6 is 0 Å². The molecule has 0 fully saturated rings. The number of allylic oxidation sites excluding steroid dienone is 1. The number of aromatic nitrogens is 2. The zero-order valence-corrected chi connectivity index (χ0v) is 22.3. The molecule has 0 saturated carbocycles. The van der Waals surface area contributed by atoms with Crippen molar-refractivity contribution < 1.29 is 19.4 Å². The maximum atomic E-state index is 13.1. The number of carbonyl (C=O) groups excluding carboxylic acids is 1. The van der Waals surface area contributed by atoms with Crippen molar-refractivity contribution in [1.29, 1.82) is 0 Å². The Morgan fingerprint density at radius 1 is 1.13 bits per heavy atom. The third-order valence-electron chi connectivity index (χ3n) is 5.18. The smallest absolute Gasteiger partial charge is 0.412 e. The topological polar surface area (TPSA) is 123 Å². The third kappa shape index (κ3) is 8.33. The summed E-state index contributed by atoms with van der Waals surface area (Å²) < 4.78 is 6.55. The number of carboxylic acid groups (broad SMARTS) is 1. The van der Waals surface area contributed by atoms with E-state index in [0.29, 0.717) is 23.4 Å². The number of hydrogen-bond acceptors (Lipinski definition) is 6. The van der Waals surface area contributed by atoms with Crippen LogP contribution in [0, 0.1) is 0 Å².